The first-order chi connectivity index (χ1) is 8.60. The van der Waals surface area contributed by atoms with Crippen LogP contribution in [0.3, 0.4) is 0 Å². The molecule has 1 saturated carbocycles. The number of aryl methyl sites for hydroxylation is 1. The zero-order valence-electron chi connectivity index (χ0n) is 11.2. The minimum absolute atomic E-state index is 0.284. The molecule has 0 saturated heterocycles. The van der Waals surface area contributed by atoms with Gasteiger partial charge < -0.3 is 11.1 Å². The molecule has 0 amide bonds. The van der Waals surface area contributed by atoms with Gasteiger partial charge in [-0.15, -0.1) is 0 Å². The number of halogens is 1. The van der Waals surface area contributed by atoms with E-state index in [1.54, 1.807) is 0 Å². The van der Waals surface area contributed by atoms with Gasteiger partial charge in [-0.1, -0.05) is 35.0 Å². The van der Waals surface area contributed by atoms with Gasteiger partial charge in [-0.25, -0.2) is 0 Å². The van der Waals surface area contributed by atoms with Gasteiger partial charge in [0.05, 0.1) is 0 Å². The molecule has 3 N–H and O–H groups in total. The zero-order chi connectivity index (χ0) is 13.1. The molecule has 0 aromatic heterocycles. The second-order valence-corrected chi connectivity index (χ2v) is 6.43. The largest absolute Gasteiger partial charge is 0.329 e. The number of rotatable bonds is 4. The summed E-state index contributed by atoms with van der Waals surface area (Å²) in [7, 11) is 0. The number of nitrogens with one attached hydrogen (secondary N) is 1. The topological polar surface area (TPSA) is 38.0 Å². The molecular weight excluding hydrogens is 288 g/mol. The first-order valence-electron chi connectivity index (χ1n) is 6.82. The summed E-state index contributed by atoms with van der Waals surface area (Å²) >= 11 is 3.54. The van der Waals surface area contributed by atoms with Crippen LogP contribution in [0.5, 0.6) is 0 Å². The monoisotopic (exact) mass is 310 g/mol. The normalized spacial score (nSPS) is 25.3. The molecule has 2 rings (SSSR count). The Morgan fingerprint density at radius 3 is 2.78 bits per heavy atom. The number of hydrogen-bond acceptors (Lipinski definition) is 2. The van der Waals surface area contributed by atoms with Crippen LogP contribution >= 0.6 is 15.9 Å². The van der Waals surface area contributed by atoms with Gasteiger partial charge in [-0.2, -0.15) is 0 Å². The molecule has 1 fully saturated rings. The summed E-state index contributed by atoms with van der Waals surface area (Å²) in [4.78, 5) is 0. The van der Waals surface area contributed by atoms with E-state index in [4.69, 9.17) is 5.73 Å². The first-order valence-corrected chi connectivity index (χ1v) is 7.61. The van der Waals surface area contributed by atoms with Crippen LogP contribution in [0, 0.1) is 12.8 Å². The molecule has 0 aliphatic heterocycles. The van der Waals surface area contributed by atoms with E-state index in [2.05, 4.69) is 53.3 Å². The van der Waals surface area contributed by atoms with Crippen LogP contribution in [0.1, 0.15) is 43.4 Å². The van der Waals surface area contributed by atoms with Crippen molar-refractivity contribution in [2.75, 3.05) is 6.54 Å². The van der Waals surface area contributed by atoms with E-state index in [-0.39, 0.29) is 6.04 Å². The average molecular weight is 311 g/mol. The lowest BCUT2D eigenvalue weighted by Crippen LogP contribution is -2.35. The van der Waals surface area contributed by atoms with Crippen molar-refractivity contribution in [1.29, 1.82) is 0 Å². The van der Waals surface area contributed by atoms with Gasteiger partial charge in [-0.3, -0.25) is 0 Å². The van der Waals surface area contributed by atoms with Crippen molar-refractivity contribution in [2.45, 2.75) is 45.2 Å². The second-order valence-electron chi connectivity index (χ2n) is 5.58. The van der Waals surface area contributed by atoms with E-state index in [1.807, 2.05) is 0 Å². The van der Waals surface area contributed by atoms with Crippen molar-refractivity contribution in [3.63, 3.8) is 0 Å². The second kappa shape index (κ2) is 6.18. The molecular formula is C15H23BrN2. The first kappa shape index (κ1) is 14.0. The van der Waals surface area contributed by atoms with Crippen molar-refractivity contribution in [3.05, 3.63) is 33.8 Å². The Kier molecular flexibility index (Phi) is 4.82. The van der Waals surface area contributed by atoms with Gasteiger partial charge in [0.2, 0.25) is 0 Å². The molecule has 3 unspecified atom stereocenters. The Morgan fingerprint density at radius 2 is 2.22 bits per heavy atom. The summed E-state index contributed by atoms with van der Waals surface area (Å²) in [6.07, 6.45) is 3.91. The quantitative estimate of drug-likeness (QED) is 0.892. The van der Waals surface area contributed by atoms with Gasteiger partial charge in [0, 0.05) is 23.1 Å². The maximum Gasteiger partial charge on any atom is 0.0446 e. The third-order valence-corrected chi connectivity index (χ3v) is 4.84. The van der Waals surface area contributed by atoms with Crippen LogP contribution in [-0.2, 0) is 0 Å². The van der Waals surface area contributed by atoms with Gasteiger partial charge >= 0.3 is 0 Å². The minimum Gasteiger partial charge on any atom is -0.329 e. The molecule has 0 heterocycles. The third-order valence-electron chi connectivity index (χ3n) is 3.95. The van der Waals surface area contributed by atoms with Crippen molar-refractivity contribution in [3.8, 4) is 0 Å². The highest BCUT2D eigenvalue weighted by molar-refractivity contribution is 9.10. The third kappa shape index (κ3) is 3.34. The van der Waals surface area contributed by atoms with Crippen LogP contribution in [0.25, 0.3) is 0 Å². The molecule has 0 bridgehead atoms. The number of nitrogens with two attached hydrogens (primary N) is 1. The van der Waals surface area contributed by atoms with Crippen LogP contribution in [0.15, 0.2) is 22.7 Å². The van der Waals surface area contributed by atoms with Crippen molar-refractivity contribution >= 4 is 15.9 Å². The van der Waals surface area contributed by atoms with Gasteiger partial charge in [-0.05, 0) is 49.3 Å². The van der Waals surface area contributed by atoms with E-state index < -0.39 is 0 Å². The molecule has 1 aliphatic rings. The van der Waals surface area contributed by atoms with Crippen molar-refractivity contribution < 1.29 is 0 Å². The smallest absolute Gasteiger partial charge is 0.0446 e. The fourth-order valence-electron chi connectivity index (χ4n) is 2.83. The molecule has 2 nitrogen and oxygen atoms in total. The fraction of sp³-hybridized carbons (Fsp3) is 0.600. The predicted octanol–water partition coefficient (Wildman–Crippen LogP) is 3.54. The lowest BCUT2D eigenvalue weighted by Gasteiger charge is -2.22. The molecule has 3 atom stereocenters. The van der Waals surface area contributed by atoms with E-state index in [0.717, 1.165) is 10.4 Å². The molecule has 0 radical (unpaired) electrons. The predicted molar refractivity (Wildman–Crippen MR) is 80.6 cm³/mol. The number of benzene rings is 1. The SMILES string of the molecule is Cc1cc(C(CN)NC2CCC(C)C2)ccc1Br. The summed E-state index contributed by atoms with van der Waals surface area (Å²) in [5.41, 5.74) is 8.51. The summed E-state index contributed by atoms with van der Waals surface area (Å²) in [6.45, 7) is 5.12. The molecule has 0 spiro atoms. The van der Waals surface area contributed by atoms with E-state index in [9.17, 15) is 0 Å². The zero-order valence-corrected chi connectivity index (χ0v) is 12.8. The average Bonchev–Trinajstić information content (AvgIpc) is 2.75. The maximum atomic E-state index is 5.93. The summed E-state index contributed by atoms with van der Waals surface area (Å²) in [5.74, 6) is 0.854. The lowest BCUT2D eigenvalue weighted by molar-refractivity contribution is 0.434. The highest BCUT2D eigenvalue weighted by Crippen LogP contribution is 2.27. The van der Waals surface area contributed by atoms with Crippen LogP contribution in [0.2, 0.25) is 0 Å². The van der Waals surface area contributed by atoms with Gasteiger partial charge in [0.1, 0.15) is 0 Å². The summed E-state index contributed by atoms with van der Waals surface area (Å²) < 4.78 is 1.16. The van der Waals surface area contributed by atoms with Crippen molar-refractivity contribution in [2.24, 2.45) is 11.7 Å². The fourth-order valence-corrected chi connectivity index (χ4v) is 3.07. The highest BCUT2D eigenvalue weighted by atomic mass is 79.9. The standard InChI is InChI=1S/C15H23BrN2/c1-10-3-5-13(7-10)18-15(9-17)12-4-6-14(16)11(2)8-12/h4,6,8,10,13,15,18H,3,5,7,9,17H2,1-2H3. The molecule has 18 heavy (non-hydrogen) atoms. The Hall–Kier alpha value is -0.380. The Labute approximate surface area is 118 Å². The summed E-state index contributed by atoms with van der Waals surface area (Å²) in [5, 5.41) is 3.72. The van der Waals surface area contributed by atoms with Gasteiger partial charge in [0.25, 0.3) is 0 Å². The number of hydrogen-bond donors (Lipinski definition) is 2. The van der Waals surface area contributed by atoms with Crippen LogP contribution < -0.4 is 11.1 Å². The Bertz CT molecular complexity index is 405. The summed E-state index contributed by atoms with van der Waals surface area (Å²) in [6, 6.07) is 7.43. The molecule has 1 aliphatic carbocycles. The Balaban J connectivity index is 2.05. The van der Waals surface area contributed by atoms with Crippen LogP contribution in [-0.4, -0.2) is 12.6 Å². The van der Waals surface area contributed by atoms with Crippen molar-refractivity contribution in [1.82, 2.24) is 5.32 Å². The molecule has 3 heteroatoms. The van der Waals surface area contributed by atoms with E-state index in [1.165, 1.54) is 30.4 Å². The maximum absolute atomic E-state index is 5.93. The van der Waals surface area contributed by atoms with Gasteiger partial charge in [0.15, 0.2) is 0 Å². The lowest BCUT2D eigenvalue weighted by atomic mass is 10.0. The van der Waals surface area contributed by atoms with E-state index in [0.29, 0.717) is 12.6 Å². The molecule has 1 aromatic carbocycles. The van der Waals surface area contributed by atoms with E-state index >= 15 is 0 Å². The Morgan fingerprint density at radius 1 is 1.44 bits per heavy atom. The molecule has 100 valence electrons. The highest BCUT2D eigenvalue weighted by Gasteiger charge is 2.23. The van der Waals surface area contributed by atoms with Crippen LogP contribution in [0.4, 0.5) is 0 Å². The minimum atomic E-state index is 0.284. The molecule has 1 aromatic rings.